The van der Waals surface area contributed by atoms with Crippen LogP contribution in [0.5, 0.6) is 0 Å². The highest BCUT2D eigenvalue weighted by Crippen LogP contribution is 2.28. The van der Waals surface area contributed by atoms with Crippen molar-refractivity contribution >= 4 is 27.2 Å². The van der Waals surface area contributed by atoms with Crippen molar-refractivity contribution in [2.75, 3.05) is 26.2 Å². The van der Waals surface area contributed by atoms with Gasteiger partial charge in [-0.3, -0.25) is 4.90 Å². The number of piperazine rings is 1. The van der Waals surface area contributed by atoms with E-state index in [1.807, 2.05) is 0 Å². The van der Waals surface area contributed by atoms with Crippen LogP contribution < -0.4 is 5.73 Å². The Bertz CT molecular complexity index is 648. The van der Waals surface area contributed by atoms with Gasteiger partial charge in [-0.25, -0.2) is 8.42 Å². The molecule has 1 heterocycles. The highest BCUT2D eigenvalue weighted by atomic mass is 32.2. The van der Waals surface area contributed by atoms with Gasteiger partial charge in [0.25, 0.3) is 0 Å². The lowest BCUT2D eigenvalue weighted by Gasteiger charge is -2.34. The van der Waals surface area contributed by atoms with E-state index in [1.54, 1.807) is 28.6 Å². The zero-order chi connectivity index (χ0) is 15.0. The van der Waals surface area contributed by atoms with Crippen LogP contribution >= 0.6 is 12.2 Å². The Labute approximate surface area is 130 Å². The monoisotopic (exact) mass is 325 g/mol. The van der Waals surface area contributed by atoms with Crippen LogP contribution in [0.15, 0.2) is 29.2 Å². The number of thiocarbonyl (C=S) groups is 1. The highest BCUT2D eigenvalue weighted by molar-refractivity contribution is 7.89. The molecule has 5 nitrogen and oxygen atoms in total. The minimum absolute atomic E-state index is 0.214. The quantitative estimate of drug-likeness (QED) is 0.829. The maximum Gasteiger partial charge on any atom is 0.243 e. The van der Waals surface area contributed by atoms with Crippen molar-refractivity contribution in [3.05, 3.63) is 29.8 Å². The van der Waals surface area contributed by atoms with E-state index < -0.39 is 10.0 Å². The van der Waals surface area contributed by atoms with Gasteiger partial charge >= 0.3 is 0 Å². The average molecular weight is 325 g/mol. The molecule has 7 heteroatoms. The van der Waals surface area contributed by atoms with E-state index in [4.69, 9.17) is 18.0 Å². The van der Waals surface area contributed by atoms with E-state index in [0.29, 0.717) is 24.7 Å². The molecule has 1 saturated carbocycles. The molecule has 0 unspecified atom stereocenters. The Morgan fingerprint density at radius 3 is 2.43 bits per heavy atom. The fourth-order valence-electron chi connectivity index (χ4n) is 2.71. The number of nitrogens with zero attached hydrogens (tertiary/aromatic N) is 2. The Hall–Kier alpha value is -1.02. The molecular weight excluding hydrogens is 306 g/mol. The van der Waals surface area contributed by atoms with E-state index in [-0.39, 0.29) is 9.88 Å². The van der Waals surface area contributed by atoms with Gasteiger partial charge < -0.3 is 5.73 Å². The minimum atomic E-state index is -3.46. The topological polar surface area (TPSA) is 66.6 Å². The Morgan fingerprint density at radius 2 is 1.86 bits per heavy atom. The average Bonchev–Trinajstić information content (AvgIpc) is 3.32. The fourth-order valence-corrected chi connectivity index (χ4v) is 4.30. The molecule has 0 spiro atoms. The summed E-state index contributed by atoms with van der Waals surface area (Å²) in [5.41, 5.74) is 6.16. The van der Waals surface area contributed by atoms with Crippen LogP contribution in [0, 0.1) is 0 Å². The van der Waals surface area contributed by atoms with Crippen molar-refractivity contribution in [3.63, 3.8) is 0 Å². The SMILES string of the molecule is NC(=S)c1cccc(S(=O)(=O)N2CCN(C3CC3)CC2)c1. The molecule has 1 aliphatic carbocycles. The molecule has 1 saturated heterocycles. The largest absolute Gasteiger partial charge is 0.389 e. The molecule has 0 amide bonds. The molecule has 3 rings (SSSR count). The first-order chi connectivity index (χ1) is 9.98. The lowest BCUT2D eigenvalue weighted by atomic mass is 10.2. The molecule has 0 aromatic heterocycles. The van der Waals surface area contributed by atoms with Gasteiger partial charge in [-0.15, -0.1) is 0 Å². The molecule has 1 aromatic rings. The number of sulfonamides is 1. The molecule has 1 aromatic carbocycles. The van der Waals surface area contributed by atoms with Crippen LogP contribution in [-0.2, 0) is 10.0 Å². The first kappa shape index (κ1) is 14.9. The van der Waals surface area contributed by atoms with Gasteiger partial charge in [-0.2, -0.15) is 4.31 Å². The smallest absolute Gasteiger partial charge is 0.243 e. The van der Waals surface area contributed by atoms with E-state index in [1.165, 1.54) is 12.8 Å². The van der Waals surface area contributed by atoms with Crippen LogP contribution in [0.4, 0.5) is 0 Å². The highest BCUT2D eigenvalue weighted by Gasteiger charge is 2.34. The molecule has 2 N–H and O–H groups in total. The number of rotatable bonds is 4. The van der Waals surface area contributed by atoms with E-state index in [9.17, 15) is 8.42 Å². The van der Waals surface area contributed by atoms with Gasteiger partial charge in [0.2, 0.25) is 10.0 Å². The molecule has 0 radical (unpaired) electrons. The fraction of sp³-hybridized carbons (Fsp3) is 0.500. The standard InChI is InChI=1S/C14H19N3O2S2/c15-14(20)11-2-1-3-13(10-11)21(18,19)17-8-6-16(7-9-17)12-4-5-12/h1-3,10,12H,4-9H2,(H2,15,20). The van der Waals surface area contributed by atoms with Crippen molar-refractivity contribution in [2.45, 2.75) is 23.8 Å². The zero-order valence-corrected chi connectivity index (χ0v) is 13.4. The minimum Gasteiger partial charge on any atom is -0.389 e. The third-order valence-corrected chi connectivity index (χ3v) is 6.22. The van der Waals surface area contributed by atoms with E-state index in [2.05, 4.69) is 4.90 Å². The maximum absolute atomic E-state index is 12.7. The summed E-state index contributed by atoms with van der Waals surface area (Å²) in [6.45, 7) is 2.74. The number of hydrogen-bond donors (Lipinski definition) is 1. The normalized spacial score (nSPS) is 21.3. The number of nitrogens with two attached hydrogens (primary N) is 1. The van der Waals surface area contributed by atoms with Crippen molar-refractivity contribution in [2.24, 2.45) is 5.73 Å². The second-order valence-corrected chi connectivity index (χ2v) is 7.94. The molecule has 0 atom stereocenters. The van der Waals surface area contributed by atoms with Crippen molar-refractivity contribution < 1.29 is 8.42 Å². The van der Waals surface area contributed by atoms with Gasteiger partial charge in [0, 0.05) is 37.8 Å². The second kappa shape index (κ2) is 5.64. The van der Waals surface area contributed by atoms with E-state index in [0.717, 1.165) is 13.1 Å². The third kappa shape index (κ3) is 3.11. The van der Waals surface area contributed by atoms with E-state index >= 15 is 0 Å². The Kier molecular flexibility index (Phi) is 4.00. The number of hydrogen-bond acceptors (Lipinski definition) is 4. The van der Waals surface area contributed by atoms with Gasteiger partial charge in [0.15, 0.2) is 0 Å². The summed E-state index contributed by atoms with van der Waals surface area (Å²) < 4.78 is 26.9. The Balaban J connectivity index is 1.77. The zero-order valence-electron chi connectivity index (χ0n) is 11.7. The van der Waals surface area contributed by atoms with Gasteiger partial charge in [-0.05, 0) is 25.0 Å². The summed E-state index contributed by atoms with van der Waals surface area (Å²) in [6, 6.07) is 7.26. The second-order valence-electron chi connectivity index (χ2n) is 5.56. The van der Waals surface area contributed by atoms with Crippen LogP contribution in [0.2, 0.25) is 0 Å². The lowest BCUT2D eigenvalue weighted by molar-refractivity contribution is 0.180. The summed E-state index contributed by atoms with van der Waals surface area (Å²) in [5, 5.41) is 0. The predicted octanol–water partition coefficient (Wildman–Crippen LogP) is 0.789. The maximum atomic E-state index is 12.7. The summed E-state index contributed by atoms with van der Waals surface area (Å²) >= 11 is 4.91. The van der Waals surface area contributed by atoms with Gasteiger partial charge in [0.05, 0.1) is 4.90 Å². The summed E-state index contributed by atoms with van der Waals surface area (Å²) in [7, 11) is -3.46. The molecule has 0 bridgehead atoms. The first-order valence-corrected chi connectivity index (χ1v) is 8.97. The molecular formula is C14H19N3O2S2. The third-order valence-electron chi connectivity index (χ3n) is 4.09. The first-order valence-electron chi connectivity index (χ1n) is 7.12. The molecule has 2 fully saturated rings. The molecule has 2 aliphatic rings. The van der Waals surface area contributed by atoms with Crippen LogP contribution in [-0.4, -0.2) is 54.8 Å². The van der Waals surface area contributed by atoms with Crippen LogP contribution in [0.1, 0.15) is 18.4 Å². The van der Waals surface area contributed by atoms with Crippen molar-refractivity contribution in [1.82, 2.24) is 9.21 Å². The van der Waals surface area contributed by atoms with Crippen molar-refractivity contribution in [3.8, 4) is 0 Å². The van der Waals surface area contributed by atoms with Crippen LogP contribution in [0.3, 0.4) is 0 Å². The van der Waals surface area contributed by atoms with Crippen LogP contribution in [0.25, 0.3) is 0 Å². The Morgan fingerprint density at radius 1 is 1.19 bits per heavy atom. The molecule has 114 valence electrons. The number of benzene rings is 1. The molecule has 21 heavy (non-hydrogen) atoms. The molecule has 1 aliphatic heterocycles. The summed E-state index contributed by atoms with van der Waals surface area (Å²) in [6.07, 6.45) is 2.51. The predicted molar refractivity (Wildman–Crippen MR) is 85.7 cm³/mol. The lowest BCUT2D eigenvalue weighted by Crippen LogP contribution is -2.49. The van der Waals surface area contributed by atoms with Gasteiger partial charge in [-0.1, -0.05) is 24.4 Å². The summed E-state index contributed by atoms with van der Waals surface area (Å²) in [4.78, 5) is 2.87. The van der Waals surface area contributed by atoms with Crippen molar-refractivity contribution in [1.29, 1.82) is 0 Å². The summed E-state index contributed by atoms with van der Waals surface area (Å²) in [5.74, 6) is 0. The van der Waals surface area contributed by atoms with Gasteiger partial charge in [0.1, 0.15) is 4.99 Å².